The molecule has 0 spiro atoms. The Morgan fingerprint density at radius 3 is 2.45 bits per heavy atom. The molecule has 110 valence electrons. The first-order valence-electron chi connectivity index (χ1n) is 6.99. The number of fused-ring (bicyclic) bond motifs is 1. The summed E-state index contributed by atoms with van der Waals surface area (Å²) in [5.41, 5.74) is 1.21. The predicted molar refractivity (Wildman–Crippen MR) is 72.3 cm³/mol. The summed E-state index contributed by atoms with van der Waals surface area (Å²) in [6.45, 7) is 4.57. The van der Waals surface area contributed by atoms with Crippen molar-refractivity contribution in [2.75, 3.05) is 5.32 Å². The van der Waals surface area contributed by atoms with Gasteiger partial charge in [0.25, 0.3) is 0 Å². The molecule has 20 heavy (non-hydrogen) atoms. The SMILES string of the molecule is CC1(C)CCC(Nc2ccc3c(c2)OC(F)(F)O3)CC1. The number of benzene rings is 1. The molecular weight excluding hydrogens is 264 g/mol. The molecule has 0 amide bonds. The molecule has 1 aromatic carbocycles. The van der Waals surface area contributed by atoms with E-state index in [1.165, 1.54) is 18.9 Å². The van der Waals surface area contributed by atoms with Crippen molar-refractivity contribution in [1.82, 2.24) is 0 Å². The molecule has 1 heterocycles. The lowest BCUT2D eigenvalue weighted by atomic mass is 9.75. The summed E-state index contributed by atoms with van der Waals surface area (Å²) in [6, 6.07) is 5.24. The van der Waals surface area contributed by atoms with E-state index in [-0.39, 0.29) is 11.5 Å². The molecular formula is C15H19F2NO2. The first-order valence-corrected chi connectivity index (χ1v) is 6.99. The Hall–Kier alpha value is -1.52. The molecule has 1 N–H and O–H groups in total. The summed E-state index contributed by atoms with van der Waals surface area (Å²) in [6.07, 6.45) is 0.992. The van der Waals surface area contributed by atoms with E-state index in [1.807, 2.05) is 0 Å². The summed E-state index contributed by atoms with van der Waals surface area (Å²) < 4.78 is 34.7. The van der Waals surface area contributed by atoms with Gasteiger partial charge in [-0.05, 0) is 43.2 Å². The number of anilines is 1. The second kappa shape index (κ2) is 4.50. The van der Waals surface area contributed by atoms with Gasteiger partial charge < -0.3 is 14.8 Å². The van der Waals surface area contributed by atoms with E-state index < -0.39 is 6.29 Å². The number of nitrogens with one attached hydrogen (secondary N) is 1. The van der Waals surface area contributed by atoms with E-state index in [0.717, 1.165) is 18.5 Å². The molecule has 0 radical (unpaired) electrons. The average molecular weight is 283 g/mol. The van der Waals surface area contributed by atoms with Crippen LogP contribution in [0.1, 0.15) is 39.5 Å². The van der Waals surface area contributed by atoms with Crippen LogP contribution in [-0.2, 0) is 0 Å². The second-order valence-electron chi connectivity index (χ2n) is 6.41. The van der Waals surface area contributed by atoms with Crippen molar-refractivity contribution in [2.24, 2.45) is 5.41 Å². The average Bonchev–Trinajstić information content (AvgIpc) is 2.65. The Kier molecular flexibility index (Phi) is 3.03. The molecule has 0 saturated heterocycles. The monoisotopic (exact) mass is 283 g/mol. The van der Waals surface area contributed by atoms with Gasteiger partial charge in [0.15, 0.2) is 11.5 Å². The highest BCUT2D eigenvalue weighted by molar-refractivity contribution is 5.56. The zero-order chi connectivity index (χ0) is 14.4. The number of hydrogen-bond donors (Lipinski definition) is 1. The van der Waals surface area contributed by atoms with Gasteiger partial charge in [-0.2, -0.15) is 0 Å². The lowest BCUT2D eigenvalue weighted by Gasteiger charge is -2.35. The maximum Gasteiger partial charge on any atom is 0.586 e. The fraction of sp³-hybridized carbons (Fsp3) is 0.600. The quantitative estimate of drug-likeness (QED) is 0.873. The predicted octanol–water partition coefficient (Wildman–Crippen LogP) is 4.39. The van der Waals surface area contributed by atoms with E-state index in [9.17, 15) is 8.78 Å². The van der Waals surface area contributed by atoms with E-state index in [1.54, 1.807) is 12.1 Å². The zero-order valence-corrected chi connectivity index (χ0v) is 11.7. The van der Waals surface area contributed by atoms with Gasteiger partial charge in [0.05, 0.1) is 0 Å². The van der Waals surface area contributed by atoms with Crippen molar-refractivity contribution in [3.05, 3.63) is 18.2 Å². The van der Waals surface area contributed by atoms with Crippen molar-refractivity contribution < 1.29 is 18.3 Å². The summed E-state index contributed by atoms with van der Waals surface area (Å²) in [5, 5.41) is 3.40. The van der Waals surface area contributed by atoms with Crippen LogP contribution in [0.4, 0.5) is 14.5 Å². The van der Waals surface area contributed by atoms with E-state index in [4.69, 9.17) is 0 Å². The summed E-state index contributed by atoms with van der Waals surface area (Å²) in [7, 11) is 0. The van der Waals surface area contributed by atoms with Gasteiger partial charge in [-0.1, -0.05) is 13.8 Å². The van der Waals surface area contributed by atoms with Crippen LogP contribution in [0.2, 0.25) is 0 Å². The number of ether oxygens (including phenoxy) is 2. The highest BCUT2D eigenvalue weighted by Crippen LogP contribution is 2.43. The lowest BCUT2D eigenvalue weighted by Crippen LogP contribution is -2.29. The number of hydrogen-bond acceptors (Lipinski definition) is 3. The minimum atomic E-state index is -3.55. The maximum absolute atomic E-state index is 12.9. The fourth-order valence-electron chi connectivity index (χ4n) is 2.82. The number of rotatable bonds is 2. The van der Waals surface area contributed by atoms with Crippen molar-refractivity contribution in [2.45, 2.75) is 51.9 Å². The Bertz CT molecular complexity index is 507. The van der Waals surface area contributed by atoms with Crippen LogP contribution >= 0.6 is 0 Å². The van der Waals surface area contributed by atoms with Crippen molar-refractivity contribution in [3.8, 4) is 11.5 Å². The van der Waals surface area contributed by atoms with E-state index >= 15 is 0 Å². The summed E-state index contributed by atoms with van der Waals surface area (Å²) in [4.78, 5) is 0. The Labute approximate surface area is 117 Å². The minimum Gasteiger partial charge on any atom is -0.395 e. The van der Waals surface area contributed by atoms with Gasteiger partial charge in [-0.3, -0.25) is 0 Å². The Morgan fingerprint density at radius 1 is 1.10 bits per heavy atom. The van der Waals surface area contributed by atoms with Crippen LogP contribution in [0.15, 0.2) is 18.2 Å². The number of alkyl halides is 2. The smallest absolute Gasteiger partial charge is 0.395 e. The van der Waals surface area contributed by atoms with Crippen LogP contribution < -0.4 is 14.8 Å². The van der Waals surface area contributed by atoms with Crippen molar-refractivity contribution in [3.63, 3.8) is 0 Å². The summed E-state index contributed by atoms with van der Waals surface area (Å²) >= 11 is 0. The van der Waals surface area contributed by atoms with Crippen LogP contribution in [0, 0.1) is 5.41 Å². The second-order valence-corrected chi connectivity index (χ2v) is 6.41. The molecule has 1 aliphatic heterocycles. The van der Waals surface area contributed by atoms with Crippen LogP contribution in [0.3, 0.4) is 0 Å². The third-order valence-electron chi connectivity index (χ3n) is 4.11. The molecule has 3 nitrogen and oxygen atoms in total. The molecule has 0 atom stereocenters. The molecule has 0 aromatic heterocycles. The van der Waals surface area contributed by atoms with Gasteiger partial charge in [0, 0.05) is 17.8 Å². The fourth-order valence-corrected chi connectivity index (χ4v) is 2.82. The Morgan fingerprint density at radius 2 is 1.75 bits per heavy atom. The highest BCUT2D eigenvalue weighted by atomic mass is 19.3. The van der Waals surface area contributed by atoms with Gasteiger partial charge >= 0.3 is 6.29 Å². The molecule has 0 unspecified atom stereocenters. The lowest BCUT2D eigenvalue weighted by molar-refractivity contribution is -0.286. The molecule has 0 bridgehead atoms. The van der Waals surface area contributed by atoms with Crippen LogP contribution in [-0.4, -0.2) is 12.3 Å². The minimum absolute atomic E-state index is 0.0883. The largest absolute Gasteiger partial charge is 0.586 e. The normalized spacial score (nSPS) is 23.6. The van der Waals surface area contributed by atoms with Gasteiger partial charge in [-0.25, -0.2) is 0 Å². The van der Waals surface area contributed by atoms with Gasteiger partial charge in [-0.15, -0.1) is 8.78 Å². The standard InChI is InChI=1S/C15H19F2NO2/c1-14(2)7-5-10(6-8-14)18-11-3-4-12-13(9-11)20-15(16,17)19-12/h3-4,9-10,18H,5-8H2,1-2H3. The van der Waals surface area contributed by atoms with Gasteiger partial charge in [0.2, 0.25) is 0 Å². The van der Waals surface area contributed by atoms with Crippen LogP contribution in [0.5, 0.6) is 11.5 Å². The first kappa shape index (κ1) is 13.5. The summed E-state index contributed by atoms with van der Waals surface area (Å²) in [5.74, 6) is 0.182. The molecule has 1 fully saturated rings. The molecule has 2 aliphatic rings. The maximum atomic E-state index is 12.9. The van der Waals surface area contributed by atoms with E-state index in [2.05, 4.69) is 28.6 Å². The highest BCUT2D eigenvalue weighted by Gasteiger charge is 2.43. The Balaban J connectivity index is 1.65. The van der Waals surface area contributed by atoms with E-state index in [0.29, 0.717) is 11.5 Å². The molecule has 5 heteroatoms. The molecule has 1 saturated carbocycles. The zero-order valence-electron chi connectivity index (χ0n) is 11.7. The topological polar surface area (TPSA) is 30.5 Å². The molecule has 1 aromatic rings. The third-order valence-corrected chi connectivity index (χ3v) is 4.11. The first-order chi connectivity index (χ1) is 9.33. The van der Waals surface area contributed by atoms with Gasteiger partial charge in [0.1, 0.15) is 0 Å². The van der Waals surface area contributed by atoms with Crippen molar-refractivity contribution in [1.29, 1.82) is 0 Å². The molecule has 3 rings (SSSR count). The van der Waals surface area contributed by atoms with Crippen molar-refractivity contribution >= 4 is 5.69 Å². The van der Waals surface area contributed by atoms with Crippen LogP contribution in [0.25, 0.3) is 0 Å². The third kappa shape index (κ3) is 2.81. The molecule has 1 aliphatic carbocycles. The number of halogens is 2.